The van der Waals surface area contributed by atoms with Crippen LogP contribution in [0.4, 0.5) is 10.5 Å². The number of aryl methyl sites for hydroxylation is 2. The number of thioether (sulfide) groups is 1. The van der Waals surface area contributed by atoms with Gasteiger partial charge in [0.05, 0.1) is 4.91 Å². The number of carbonyl (C=O) groups excluding carboxylic acids is 3. The first-order valence-electron chi connectivity index (χ1n) is 9.08. The molecule has 1 N–H and O–H groups in total. The van der Waals surface area contributed by atoms with Gasteiger partial charge in [-0.05, 0) is 69.3 Å². The highest BCUT2D eigenvalue weighted by Gasteiger charge is 2.36. The fourth-order valence-electron chi connectivity index (χ4n) is 3.22. The summed E-state index contributed by atoms with van der Waals surface area (Å²) in [6, 6.07) is 9.32. The van der Waals surface area contributed by atoms with E-state index in [0.29, 0.717) is 10.6 Å². The Balaban J connectivity index is 1.73. The van der Waals surface area contributed by atoms with Crippen LogP contribution in [0, 0.1) is 20.8 Å². The largest absolute Gasteiger partial charge is 0.349 e. The summed E-state index contributed by atoms with van der Waals surface area (Å²) in [6.45, 7) is 8.55. The first-order chi connectivity index (χ1) is 13.3. The molecule has 146 valence electrons. The van der Waals surface area contributed by atoms with Crippen molar-refractivity contribution in [3.63, 3.8) is 0 Å². The van der Waals surface area contributed by atoms with Crippen LogP contribution in [0.3, 0.4) is 0 Å². The zero-order chi connectivity index (χ0) is 20.4. The van der Waals surface area contributed by atoms with Gasteiger partial charge in [-0.2, -0.15) is 0 Å². The van der Waals surface area contributed by atoms with Crippen molar-refractivity contribution in [3.8, 4) is 0 Å². The molecule has 0 unspecified atom stereocenters. The standard InChI is InChI=1S/C21H23N3O3S/c1-5-23-14(3)10-16(15(23)4)11-18-20(26)24(21(27)28-18)12-19(25)22-17-8-6-13(2)7-9-17/h6-11H,5,12H2,1-4H3,(H,22,25)/b18-11+. The number of hydrogen-bond donors (Lipinski definition) is 1. The molecule has 0 radical (unpaired) electrons. The first-order valence-corrected chi connectivity index (χ1v) is 9.90. The third kappa shape index (κ3) is 4.04. The molecule has 6 nitrogen and oxygen atoms in total. The van der Waals surface area contributed by atoms with Gasteiger partial charge in [0.2, 0.25) is 5.91 Å². The number of anilines is 1. The van der Waals surface area contributed by atoms with Gasteiger partial charge in [0.1, 0.15) is 6.54 Å². The van der Waals surface area contributed by atoms with E-state index >= 15 is 0 Å². The van der Waals surface area contributed by atoms with Crippen molar-refractivity contribution in [1.82, 2.24) is 9.47 Å². The van der Waals surface area contributed by atoms with E-state index < -0.39 is 17.1 Å². The van der Waals surface area contributed by atoms with Crippen LogP contribution in [-0.2, 0) is 16.1 Å². The maximum absolute atomic E-state index is 12.7. The lowest BCUT2D eigenvalue weighted by Crippen LogP contribution is -2.36. The maximum Gasteiger partial charge on any atom is 0.294 e. The second-order valence-corrected chi connectivity index (χ2v) is 7.75. The third-order valence-corrected chi connectivity index (χ3v) is 5.63. The zero-order valence-corrected chi connectivity index (χ0v) is 17.2. The molecule has 0 bridgehead atoms. The van der Waals surface area contributed by atoms with Crippen molar-refractivity contribution >= 4 is 40.6 Å². The van der Waals surface area contributed by atoms with E-state index in [1.807, 2.05) is 39.0 Å². The van der Waals surface area contributed by atoms with Crippen molar-refractivity contribution in [2.24, 2.45) is 0 Å². The van der Waals surface area contributed by atoms with Crippen LogP contribution in [0.15, 0.2) is 35.2 Å². The Bertz CT molecular complexity index is 974. The molecule has 3 rings (SSSR count). The minimum absolute atomic E-state index is 0.302. The lowest BCUT2D eigenvalue weighted by Gasteiger charge is -2.12. The van der Waals surface area contributed by atoms with E-state index in [-0.39, 0.29) is 6.54 Å². The number of rotatable bonds is 5. The number of nitrogens with one attached hydrogen (secondary N) is 1. The molecule has 1 aliphatic rings. The van der Waals surface area contributed by atoms with Crippen LogP contribution in [0.1, 0.15) is 29.4 Å². The van der Waals surface area contributed by atoms with Crippen molar-refractivity contribution in [2.45, 2.75) is 34.2 Å². The van der Waals surface area contributed by atoms with Gasteiger partial charge >= 0.3 is 0 Å². The van der Waals surface area contributed by atoms with Crippen LogP contribution in [0.5, 0.6) is 0 Å². The van der Waals surface area contributed by atoms with Gasteiger partial charge in [0, 0.05) is 23.6 Å². The molecular formula is C21H23N3O3S. The fourth-order valence-corrected chi connectivity index (χ4v) is 4.05. The van der Waals surface area contributed by atoms with E-state index in [0.717, 1.165) is 45.7 Å². The van der Waals surface area contributed by atoms with Crippen LogP contribution < -0.4 is 5.32 Å². The molecule has 0 atom stereocenters. The summed E-state index contributed by atoms with van der Waals surface area (Å²) < 4.78 is 2.14. The average Bonchev–Trinajstić information content (AvgIpc) is 3.06. The summed E-state index contributed by atoms with van der Waals surface area (Å²) in [5, 5.41) is 2.28. The first kappa shape index (κ1) is 19.9. The molecule has 2 aromatic rings. The van der Waals surface area contributed by atoms with Gasteiger partial charge in [0.15, 0.2) is 0 Å². The molecule has 1 aromatic heterocycles. The van der Waals surface area contributed by atoms with Gasteiger partial charge in [-0.3, -0.25) is 19.3 Å². The second-order valence-electron chi connectivity index (χ2n) is 6.75. The molecular weight excluding hydrogens is 374 g/mol. The van der Waals surface area contributed by atoms with Gasteiger partial charge in [0.25, 0.3) is 11.1 Å². The van der Waals surface area contributed by atoms with Crippen LogP contribution in [0.25, 0.3) is 6.08 Å². The summed E-state index contributed by atoms with van der Waals surface area (Å²) in [4.78, 5) is 38.5. The van der Waals surface area contributed by atoms with E-state index in [9.17, 15) is 14.4 Å². The van der Waals surface area contributed by atoms with Crippen molar-refractivity contribution in [1.29, 1.82) is 0 Å². The predicted octanol–water partition coefficient (Wildman–Crippen LogP) is 4.11. The summed E-state index contributed by atoms with van der Waals surface area (Å²) in [6.07, 6.45) is 1.73. The highest BCUT2D eigenvalue weighted by Crippen LogP contribution is 2.33. The van der Waals surface area contributed by atoms with Gasteiger partial charge in [-0.25, -0.2) is 0 Å². The van der Waals surface area contributed by atoms with Crippen LogP contribution in [-0.4, -0.2) is 33.1 Å². The van der Waals surface area contributed by atoms with E-state index in [1.165, 1.54) is 0 Å². The SMILES string of the molecule is CCn1c(C)cc(/C=C2/SC(=O)N(CC(=O)Nc3ccc(C)cc3)C2=O)c1C. The Hall–Kier alpha value is -2.80. The Labute approximate surface area is 168 Å². The Kier molecular flexibility index (Phi) is 5.74. The quantitative estimate of drug-likeness (QED) is 0.771. The second kappa shape index (κ2) is 8.06. The monoisotopic (exact) mass is 397 g/mol. The summed E-state index contributed by atoms with van der Waals surface area (Å²) in [7, 11) is 0. The summed E-state index contributed by atoms with van der Waals surface area (Å²) >= 11 is 0.868. The van der Waals surface area contributed by atoms with E-state index in [1.54, 1.807) is 18.2 Å². The van der Waals surface area contributed by atoms with Crippen molar-refractivity contribution in [2.75, 3.05) is 11.9 Å². The Morgan fingerprint density at radius 2 is 1.82 bits per heavy atom. The van der Waals surface area contributed by atoms with E-state index in [4.69, 9.17) is 0 Å². The molecule has 1 fully saturated rings. The van der Waals surface area contributed by atoms with Crippen LogP contribution in [0.2, 0.25) is 0 Å². The molecule has 1 saturated heterocycles. The number of nitrogens with zero attached hydrogens (tertiary/aromatic N) is 2. The number of imide groups is 1. The Morgan fingerprint density at radius 1 is 1.14 bits per heavy atom. The molecule has 1 aliphatic heterocycles. The third-order valence-electron chi connectivity index (χ3n) is 4.73. The average molecular weight is 398 g/mol. The van der Waals surface area contributed by atoms with Crippen molar-refractivity contribution in [3.05, 3.63) is 57.8 Å². The number of amides is 3. The Morgan fingerprint density at radius 3 is 2.43 bits per heavy atom. The lowest BCUT2D eigenvalue weighted by atomic mass is 10.2. The number of aromatic nitrogens is 1. The van der Waals surface area contributed by atoms with E-state index in [2.05, 4.69) is 16.8 Å². The van der Waals surface area contributed by atoms with Crippen molar-refractivity contribution < 1.29 is 14.4 Å². The zero-order valence-electron chi connectivity index (χ0n) is 16.4. The predicted molar refractivity (Wildman–Crippen MR) is 112 cm³/mol. The molecule has 0 spiro atoms. The number of hydrogen-bond acceptors (Lipinski definition) is 4. The molecule has 0 saturated carbocycles. The molecule has 28 heavy (non-hydrogen) atoms. The fraction of sp³-hybridized carbons (Fsp3) is 0.286. The number of benzene rings is 1. The minimum Gasteiger partial charge on any atom is -0.349 e. The molecule has 3 amide bonds. The van der Waals surface area contributed by atoms with Gasteiger partial charge in [-0.15, -0.1) is 0 Å². The molecule has 0 aliphatic carbocycles. The van der Waals surface area contributed by atoms with Crippen LogP contribution >= 0.6 is 11.8 Å². The lowest BCUT2D eigenvalue weighted by molar-refractivity contribution is -0.127. The number of carbonyl (C=O) groups is 3. The maximum atomic E-state index is 12.7. The highest BCUT2D eigenvalue weighted by molar-refractivity contribution is 8.18. The van der Waals surface area contributed by atoms with Gasteiger partial charge < -0.3 is 9.88 Å². The summed E-state index contributed by atoms with van der Waals surface area (Å²) in [5.74, 6) is -0.841. The minimum atomic E-state index is -0.435. The highest BCUT2D eigenvalue weighted by atomic mass is 32.2. The van der Waals surface area contributed by atoms with Gasteiger partial charge in [-0.1, -0.05) is 17.7 Å². The smallest absolute Gasteiger partial charge is 0.294 e. The normalized spacial score (nSPS) is 15.6. The molecule has 7 heteroatoms. The molecule has 1 aromatic carbocycles. The topological polar surface area (TPSA) is 71.4 Å². The molecule has 2 heterocycles. The summed E-state index contributed by atoms with van der Waals surface area (Å²) in [5.41, 5.74) is 4.77.